The molecule has 0 aliphatic rings. The average Bonchev–Trinajstić information content (AvgIpc) is 2.78. The van der Waals surface area contributed by atoms with E-state index in [1.807, 2.05) is 17.2 Å². The molecular formula is C12H21N3OS. The third-order valence-corrected chi connectivity index (χ3v) is 3.76. The second-order valence-corrected chi connectivity index (χ2v) is 4.96. The third kappa shape index (κ3) is 3.51. The van der Waals surface area contributed by atoms with E-state index in [-0.39, 0.29) is 11.9 Å². The van der Waals surface area contributed by atoms with E-state index in [0.717, 1.165) is 24.4 Å². The van der Waals surface area contributed by atoms with Gasteiger partial charge in [0.2, 0.25) is 0 Å². The molecule has 1 aromatic rings. The molecule has 0 aromatic carbocycles. The first-order valence-corrected chi connectivity index (χ1v) is 6.97. The molecule has 1 amide bonds. The maximum absolute atomic E-state index is 12.2. The van der Waals surface area contributed by atoms with E-state index in [2.05, 4.69) is 18.8 Å². The van der Waals surface area contributed by atoms with Crippen molar-refractivity contribution in [3.8, 4) is 0 Å². The van der Waals surface area contributed by atoms with Crippen LogP contribution < -0.4 is 5.73 Å². The lowest BCUT2D eigenvalue weighted by molar-refractivity contribution is 0.0694. The van der Waals surface area contributed by atoms with Crippen molar-refractivity contribution in [2.24, 2.45) is 5.73 Å². The molecule has 0 bridgehead atoms. The Morgan fingerprint density at radius 1 is 1.59 bits per heavy atom. The largest absolute Gasteiger partial charge is 0.335 e. The molecule has 0 radical (unpaired) electrons. The highest BCUT2D eigenvalue weighted by Gasteiger charge is 2.20. The molecule has 0 aliphatic carbocycles. The Morgan fingerprint density at radius 3 is 2.82 bits per heavy atom. The molecule has 4 nitrogen and oxygen atoms in total. The Hall–Kier alpha value is -0.940. The first-order valence-electron chi connectivity index (χ1n) is 6.09. The van der Waals surface area contributed by atoms with Crippen molar-refractivity contribution < 1.29 is 4.79 Å². The predicted molar refractivity (Wildman–Crippen MR) is 71.3 cm³/mol. The molecule has 0 saturated heterocycles. The van der Waals surface area contributed by atoms with Crippen molar-refractivity contribution in [1.29, 1.82) is 0 Å². The number of nitrogens with zero attached hydrogens (tertiary/aromatic N) is 2. The second kappa shape index (κ2) is 6.71. The van der Waals surface area contributed by atoms with Gasteiger partial charge in [0.1, 0.15) is 5.69 Å². The minimum atomic E-state index is 0.0290. The van der Waals surface area contributed by atoms with E-state index in [4.69, 9.17) is 5.73 Å². The van der Waals surface area contributed by atoms with Gasteiger partial charge in [-0.05, 0) is 26.8 Å². The topological polar surface area (TPSA) is 59.2 Å². The molecule has 1 unspecified atom stereocenters. The summed E-state index contributed by atoms with van der Waals surface area (Å²) in [6.45, 7) is 7.44. The predicted octanol–water partition coefficient (Wildman–Crippen LogP) is 1.90. The van der Waals surface area contributed by atoms with Gasteiger partial charge < -0.3 is 10.6 Å². The Morgan fingerprint density at radius 2 is 2.29 bits per heavy atom. The first kappa shape index (κ1) is 14.1. The monoisotopic (exact) mass is 255 g/mol. The first-order chi connectivity index (χ1) is 8.13. The van der Waals surface area contributed by atoms with Crippen molar-refractivity contribution in [1.82, 2.24) is 9.88 Å². The third-order valence-electron chi connectivity index (χ3n) is 2.85. The number of thiazole rings is 1. The number of carbonyl (C=O) groups excluding carboxylic acids is 1. The Labute approximate surface area is 107 Å². The minimum absolute atomic E-state index is 0.0290. The summed E-state index contributed by atoms with van der Waals surface area (Å²) in [6.07, 6.45) is 1.70. The fourth-order valence-corrected chi connectivity index (χ4v) is 2.46. The summed E-state index contributed by atoms with van der Waals surface area (Å²) in [5.41, 5.74) is 6.03. The van der Waals surface area contributed by atoms with Crippen LogP contribution in [0.4, 0.5) is 0 Å². The Bertz CT molecular complexity index is 364. The maximum Gasteiger partial charge on any atom is 0.273 e. The highest BCUT2D eigenvalue weighted by Crippen LogP contribution is 2.14. The lowest BCUT2D eigenvalue weighted by atomic mass is 10.2. The van der Waals surface area contributed by atoms with Crippen LogP contribution in [0, 0.1) is 0 Å². The van der Waals surface area contributed by atoms with Crippen LogP contribution in [0.5, 0.6) is 0 Å². The number of amides is 1. The van der Waals surface area contributed by atoms with E-state index in [1.54, 1.807) is 0 Å². The maximum atomic E-state index is 12.2. The van der Waals surface area contributed by atoms with Gasteiger partial charge in [-0.1, -0.05) is 6.92 Å². The van der Waals surface area contributed by atoms with Crippen molar-refractivity contribution in [3.05, 3.63) is 16.1 Å². The molecule has 1 heterocycles. The molecule has 0 aliphatic heterocycles. The van der Waals surface area contributed by atoms with Gasteiger partial charge in [-0.15, -0.1) is 11.3 Å². The summed E-state index contributed by atoms with van der Waals surface area (Å²) in [4.78, 5) is 18.4. The van der Waals surface area contributed by atoms with E-state index >= 15 is 0 Å². The fourth-order valence-electron chi connectivity index (χ4n) is 1.67. The van der Waals surface area contributed by atoms with Gasteiger partial charge in [0.25, 0.3) is 5.91 Å². The summed E-state index contributed by atoms with van der Waals surface area (Å²) in [5.74, 6) is 0.0290. The van der Waals surface area contributed by atoms with Crippen molar-refractivity contribution in [2.75, 3.05) is 13.1 Å². The van der Waals surface area contributed by atoms with Gasteiger partial charge >= 0.3 is 0 Å². The number of hydrogen-bond acceptors (Lipinski definition) is 4. The molecule has 0 saturated carbocycles. The summed E-state index contributed by atoms with van der Waals surface area (Å²) < 4.78 is 0. The molecule has 0 spiro atoms. The number of hydrogen-bond donors (Lipinski definition) is 1. The van der Waals surface area contributed by atoms with Gasteiger partial charge in [-0.3, -0.25) is 4.79 Å². The SMILES string of the molecule is CCC(C)N(CC)C(=O)c1csc(CCN)n1. The molecular weight excluding hydrogens is 234 g/mol. The molecule has 5 heteroatoms. The lowest BCUT2D eigenvalue weighted by Crippen LogP contribution is -2.38. The van der Waals surface area contributed by atoms with Gasteiger partial charge in [0.15, 0.2) is 0 Å². The minimum Gasteiger partial charge on any atom is -0.335 e. The van der Waals surface area contributed by atoms with Gasteiger partial charge in [0.05, 0.1) is 5.01 Å². The van der Waals surface area contributed by atoms with Gasteiger partial charge in [-0.25, -0.2) is 4.98 Å². The van der Waals surface area contributed by atoms with Crippen LogP contribution in [0.3, 0.4) is 0 Å². The van der Waals surface area contributed by atoms with E-state index in [9.17, 15) is 4.79 Å². The molecule has 2 N–H and O–H groups in total. The van der Waals surface area contributed by atoms with E-state index in [1.165, 1.54) is 11.3 Å². The van der Waals surface area contributed by atoms with Crippen LogP contribution in [0.25, 0.3) is 0 Å². The molecule has 96 valence electrons. The van der Waals surface area contributed by atoms with Crippen LogP contribution in [-0.2, 0) is 6.42 Å². The van der Waals surface area contributed by atoms with E-state index < -0.39 is 0 Å². The fraction of sp³-hybridized carbons (Fsp3) is 0.667. The molecule has 0 fully saturated rings. The number of carbonyl (C=O) groups is 1. The van der Waals surface area contributed by atoms with Crippen molar-refractivity contribution >= 4 is 17.2 Å². The zero-order valence-corrected chi connectivity index (χ0v) is 11.6. The standard InChI is InChI=1S/C12H21N3OS/c1-4-9(3)15(5-2)12(16)10-8-17-11(14-10)6-7-13/h8-9H,4-7,13H2,1-3H3. The van der Waals surface area contributed by atoms with Crippen LogP contribution in [0.2, 0.25) is 0 Å². The zero-order chi connectivity index (χ0) is 12.8. The smallest absolute Gasteiger partial charge is 0.273 e. The molecule has 17 heavy (non-hydrogen) atoms. The van der Waals surface area contributed by atoms with Crippen LogP contribution in [-0.4, -0.2) is 34.9 Å². The second-order valence-electron chi connectivity index (χ2n) is 4.01. The van der Waals surface area contributed by atoms with Crippen molar-refractivity contribution in [2.45, 2.75) is 39.7 Å². The Kier molecular flexibility index (Phi) is 5.58. The zero-order valence-electron chi connectivity index (χ0n) is 10.8. The molecule has 1 atom stereocenters. The summed E-state index contributed by atoms with van der Waals surface area (Å²) in [7, 11) is 0. The number of rotatable bonds is 6. The highest BCUT2D eigenvalue weighted by atomic mass is 32.1. The molecule has 1 aromatic heterocycles. The average molecular weight is 255 g/mol. The quantitative estimate of drug-likeness (QED) is 0.844. The Balaban J connectivity index is 2.79. The summed E-state index contributed by atoms with van der Waals surface area (Å²) in [6, 6.07) is 0.257. The molecule has 1 rings (SSSR count). The van der Waals surface area contributed by atoms with Crippen LogP contribution in [0.1, 0.15) is 42.7 Å². The van der Waals surface area contributed by atoms with Crippen molar-refractivity contribution in [3.63, 3.8) is 0 Å². The summed E-state index contributed by atoms with van der Waals surface area (Å²) >= 11 is 1.51. The van der Waals surface area contributed by atoms with Gasteiger partial charge in [-0.2, -0.15) is 0 Å². The van der Waals surface area contributed by atoms with Crippen LogP contribution >= 0.6 is 11.3 Å². The van der Waals surface area contributed by atoms with Crippen LogP contribution in [0.15, 0.2) is 5.38 Å². The lowest BCUT2D eigenvalue weighted by Gasteiger charge is -2.26. The normalized spacial score (nSPS) is 12.5. The number of nitrogens with two attached hydrogens (primary N) is 1. The van der Waals surface area contributed by atoms with Gasteiger partial charge in [0, 0.05) is 24.4 Å². The summed E-state index contributed by atoms with van der Waals surface area (Å²) in [5, 5.41) is 2.77. The highest BCUT2D eigenvalue weighted by molar-refractivity contribution is 7.09. The number of aromatic nitrogens is 1. The van der Waals surface area contributed by atoms with E-state index in [0.29, 0.717) is 12.2 Å².